The second-order valence-corrected chi connectivity index (χ2v) is 6.72. The van der Waals surface area contributed by atoms with Crippen LogP contribution in [0.5, 0.6) is 0 Å². The molecule has 0 unspecified atom stereocenters. The summed E-state index contributed by atoms with van der Waals surface area (Å²) in [5.74, 6) is 3.32. The first-order chi connectivity index (χ1) is 8.66. The van der Waals surface area contributed by atoms with Gasteiger partial charge in [0.25, 0.3) is 0 Å². The van der Waals surface area contributed by atoms with Gasteiger partial charge in [-0.2, -0.15) is 11.8 Å². The van der Waals surface area contributed by atoms with Gasteiger partial charge in [-0.1, -0.05) is 0 Å². The molecule has 0 fully saturated rings. The predicted octanol–water partition coefficient (Wildman–Crippen LogP) is 3.59. The minimum absolute atomic E-state index is 1.04. The molecule has 0 aliphatic carbocycles. The second-order valence-electron chi connectivity index (χ2n) is 4.32. The number of hydrogen-bond donors (Lipinski definition) is 0. The number of imidazole rings is 1. The summed E-state index contributed by atoms with van der Waals surface area (Å²) in [6, 6.07) is 0. The van der Waals surface area contributed by atoms with Gasteiger partial charge in [-0.15, -0.1) is 11.3 Å². The van der Waals surface area contributed by atoms with E-state index in [1.165, 1.54) is 27.8 Å². The average molecular weight is 281 g/mol. The number of thiazole rings is 1. The highest BCUT2D eigenvalue weighted by Crippen LogP contribution is 2.21. The lowest BCUT2D eigenvalue weighted by atomic mass is 10.4. The quantitative estimate of drug-likeness (QED) is 0.758. The molecule has 2 aromatic heterocycles. The molecule has 0 bridgehead atoms. The lowest BCUT2D eigenvalue weighted by Crippen LogP contribution is -2.00. The fourth-order valence-corrected chi connectivity index (χ4v) is 3.67. The Balaban J connectivity index is 1.66. The number of aromatic nitrogens is 3. The molecule has 0 saturated carbocycles. The Morgan fingerprint density at radius 2 is 2.17 bits per heavy atom. The molecule has 2 heterocycles. The molecule has 5 heteroatoms. The Morgan fingerprint density at radius 3 is 2.78 bits per heavy atom. The molecule has 0 saturated heterocycles. The summed E-state index contributed by atoms with van der Waals surface area (Å²) in [5.41, 5.74) is 1.18. The number of hydrogen-bond acceptors (Lipinski definition) is 4. The van der Waals surface area contributed by atoms with E-state index in [4.69, 9.17) is 0 Å². The highest BCUT2D eigenvalue weighted by Gasteiger charge is 2.03. The normalized spacial score (nSPS) is 11.1. The summed E-state index contributed by atoms with van der Waals surface area (Å²) < 4.78 is 2.21. The molecule has 0 aliphatic rings. The Bertz CT molecular complexity index is 483. The van der Waals surface area contributed by atoms with Crippen LogP contribution in [-0.2, 0) is 12.3 Å². The van der Waals surface area contributed by atoms with Crippen LogP contribution in [0, 0.1) is 20.8 Å². The van der Waals surface area contributed by atoms with Crippen molar-refractivity contribution in [3.8, 4) is 0 Å². The smallest absolute Gasteiger partial charge is 0.105 e. The van der Waals surface area contributed by atoms with Crippen LogP contribution in [0.2, 0.25) is 0 Å². The van der Waals surface area contributed by atoms with Crippen LogP contribution in [0.4, 0.5) is 0 Å². The van der Waals surface area contributed by atoms with Gasteiger partial charge in [-0.3, -0.25) is 0 Å². The maximum atomic E-state index is 4.55. The monoisotopic (exact) mass is 281 g/mol. The molecule has 0 aliphatic heterocycles. The standard InChI is InChI=1S/C13H19N3S2/c1-10-11(2)18-13(15-10)9-17-8-4-6-16-7-5-14-12(16)3/h5,7H,4,6,8-9H2,1-3H3. The summed E-state index contributed by atoms with van der Waals surface area (Å²) in [5, 5.41) is 1.26. The Hall–Kier alpha value is -0.810. The number of nitrogens with zero attached hydrogens (tertiary/aromatic N) is 3. The summed E-state index contributed by atoms with van der Waals surface area (Å²) in [4.78, 5) is 10.1. The molecule has 0 aromatic carbocycles. The average Bonchev–Trinajstić information content (AvgIpc) is 2.87. The van der Waals surface area contributed by atoms with E-state index in [1.54, 1.807) is 0 Å². The van der Waals surface area contributed by atoms with Crippen LogP contribution in [0.1, 0.15) is 27.8 Å². The van der Waals surface area contributed by atoms with Gasteiger partial charge in [-0.25, -0.2) is 9.97 Å². The molecule has 0 atom stereocenters. The number of aryl methyl sites for hydroxylation is 4. The zero-order chi connectivity index (χ0) is 13.0. The van der Waals surface area contributed by atoms with Crippen LogP contribution >= 0.6 is 23.1 Å². The fraction of sp³-hybridized carbons (Fsp3) is 0.538. The van der Waals surface area contributed by atoms with Crippen molar-refractivity contribution in [3.63, 3.8) is 0 Å². The van der Waals surface area contributed by atoms with Crippen LogP contribution in [0.25, 0.3) is 0 Å². The Labute approximate surface area is 117 Å². The van der Waals surface area contributed by atoms with E-state index in [0.717, 1.165) is 18.1 Å². The van der Waals surface area contributed by atoms with E-state index in [1.807, 2.05) is 42.4 Å². The molecule has 3 nitrogen and oxygen atoms in total. The SMILES string of the molecule is Cc1nc(CSCCCn2ccnc2C)sc1C. The lowest BCUT2D eigenvalue weighted by molar-refractivity contribution is 0.662. The zero-order valence-electron chi connectivity index (χ0n) is 11.1. The highest BCUT2D eigenvalue weighted by atomic mass is 32.2. The minimum atomic E-state index is 1.04. The van der Waals surface area contributed by atoms with Gasteiger partial charge in [0.05, 0.1) is 5.69 Å². The molecule has 18 heavy (non-hydrogen) atoms. The van der Waals surface area contributed by atoms with Crippen LogP contribution in [0.3, 0.4) is 0 Å². The third-order valence-corrected chi connectivity index (χ3v) is 5.22. The van der Waals surface area contributed by atoms with Crippen LogP contribution in [0.15, 0.2) is 12.4 Å². The maximum Gasteiger partial charge on any atom is 0.105 e. The van der Waals surface area contributed by atoms with Gasteiger partial charge in [-0.05, 0) is 32.9 Å². The van der Waals surface area contributed by atoms with Gasteiger partial charge in [0, 0.05) is 29.6 Å². The van der Waals surface area contributed by atoms with Crippen LogP contribution in [-0.4, -0.2) is 20.3 Å². The van der Waals surface area contributed by atoms with E-state index < -0.39 is 0 Å². The molecule has 98 valence electrons. The number of thioether (sulfide) groups is 1. The van der Waals surface area contributed by atoms with Gasteiger partial charge in [0.15, 0.2) is 0 Å². The van der Waals surface area contributed by atoms with E-state index in [0.29, 0.717) is 0 Å². The van der Waals surface area contributed by atoms with Crippen LogP contribution < -0.4 is 0 Å². The first-order valence-electron chi connectivity index (χ1n) is 6.15. The first-order valence-corrected chi connectivity index (χ1v) is 8.12. The molecule has 0 N–H and O–H groups in total. The van der Waals surface area contributed by atoms with E-state index in [-0.39, 0.29) is 0 Å². The predicted molar refractivity (Wildman–Crippen MR) is 79.3 cm³/mol. The molecular formula is C13H19N3S2. The van der Waals surface area contributed by atoms with Crippen molar-refractivity contribution in [2.45, 2.75) is 39.5 Å². The molecule has 2 rings (SSSR count). The highest BCUT2D eigenvalue weighted by molar-refractivity contribution is 7.98. The van der Waals surface area contributed by atoms with Gasteiger partial charge in [0.2, 0.25) is 0 Å². The van der Waals surface area contributed by atoms with E-state index >= 15 is 0 Å². The summed E-state index contributed by atoms with van der Waals surface area (Å²) in [7, 11) is 0. The largest absolute Gasteiger partial charge is 0.335 e. The van der Waals surface area contributed by atoms with E-state index in [2.05, 4.69) is 28.4 Å². The van der Waals surface area contributed by atoms with Gasteiger partial charge < -0.3 is 4.57 Å². The molecule has 2 aromatic rings. The fourth-order valence-electron chi connectivity index (χ4n) is 1.74. The summed E-state index contributed by atoms with van der Waals surface area (Å²) >= 11 is 3.80. The Morgan fingerprint density at radius 1 is 1.33 bits per heavy atom. The molecule has 0 spiro atoms. The lowest BCUT2D eigenvalue weighted by Gasteiger charge is -2.04. The van der Waals surface area contributed by atoms with Gasteiger partial charge >= 0.3 is 0 Å². The van der Waals surface area contributed by atoms with Crippen molar-refractivity contribution in [1.82, 2.24) is 14.5 Å². The summed E-state index contributed by atoms with van der Waals surface area (Å²) in [6.45, 7) is 7.34. The second kappa shape index (κ2) is 6.38. The van der Waals surface area contributed by atoms with Crippen molar-refractivity contribution in [3.05, 3.63) is 33.8 Å². The minimum Gasteiger partial charge on any atom is -0.335 e. The van der Waals surface area contributed by atoms with Crippen molar-refractivity contribution >= 4 is 23.1 Å². The number of rotatable bonds is 6. The summed E-state index contributed by atoms with van der Waals surface area (Å²) in [6.07, 6.45) is 5.10. The third-order valence-electron chi connectivity index (χ3n) is 2.91. The van der Waals surface area contributed by atoms with E-state index in [9.17, 15) is 0 Å². The zero-order valence-corrected chi connectivity index (χ0v) is 12.8. The van der Waals surface area contributed by atoms with Crippen molar-refractivity contribution in [2.24, 2.45) is 0 Å². The van der Waals surface area contributed by atoms with Crippen molar-refractivity contribution in [2.75, 3.05) is 5.75 Å². The Kier molecular flexibility index (Phi) is 4.83. The maximum absolute atomic E-state index is 4.55. The molecule has 0 amide bonds. The topological polar surface area (TPSA) is 30.7 Å². The molecule has 0 radical (unpaired) electrons. The van der Waals surface area contributed by atoms with Crippen molar-refractivity contribution < 1.29 is 0 Å². The first kappa shape index (κ1) is 13.6. The van der Waals surface area contributed by atoms with Crippen molar-refractivity contribution in [1.29, 1.82) is 0 Å². The van der Waals surface area contributed by atoms with Gasteiger partial charge in [0.1, 0.15) is 10.8 Å². The third kappa shape index (κ3) is 3.59. The molecular weight excluding hydrogens is 262 g/mol.